The summed E-state index contributed by atoms with van der Waals surface area (Å²) in [6.45, 7) is 1.20. The van der Waals surface area contributed by atoms with E-state index >= 15 is 0 Å². The molecule has 0 unspecified atom stereocenters. The van der Waals surface area contributed by atoms with E-state index in [1.54, 1.807) is 31.2 Å². The average Bonchev–Trinajstić information content (AvgIpc) is 2.87. The fourth-order valence-electron chi connectivity index (χ4n) is 1.68. The monoisotopic (exact) mass is 335 g/mol. The normalized spacial score (nSPS) is 23.0. The second-order valence-corrected chi connectivity index (χ2v) is 6.77. The summed E-state index contributed by atoms with van der Waals surface area (Å²) in [5, 5.41) is 3.06. The number of rotatable bonds is 4. The Morgan fingerprint density at radius 2 is 2.05 bits per heavy atom. The number of carbonyl (C=O) groups is 2. The number of anilines is 1. The Balaban J connectivity index is 1.83. The summed E-state index contributed by atoms with van der Waals surface area (Å²) in [7, 11) is 0. The molecule has 1 saturated carbocycles. The Hall–Kier alpha value is -0.970. The maximum atomic E-state index is 11.8. The van der Waals surface area contributed by atoms with Crippen molar-refractivity contribution in [3.8, 4) is 0 Å². The van der Waals surface area contributed by atoms with Gasteiger partial charge in [0.05, 0.1) is 0 Å². The predicted molar refractivity (Wildman–Crippen MR) is 78.2 cm³/mol. The molecule has 1 aromatic rings. The Kier molecular flexibility index (Phi) is 4.19. The molecule has 0 radical (unpaired) electrons. The first-order valence-electron chi connectivity index (χ1n) is 5.85. The number of amides is 1. The van der Waals surface area contributed by atoms with Gasteiger partial charge in [0.25, 0.3) is 5.91 Å². The third-order valence-corrected chi connectivity index (χ3v) is 4.49. The molecular weight excluding hydrogens is 325 g/mol. The highest BCUT2D eigenvalue weighted by Gasteiger charge is 2.69. The summed E-state index contributed by atoms with van der Waals surface area (Å²) in [6, 6.07) is 6.65. The minimum atomic E-state index is -1.10. The standard InChI is InChI=1S/C13H12Cl3NO3/c1-12(7-13(12,15)16)11(19)20-6-10(18)17-9-4-2-3-8(14)5-9/h2-5H,6-7H2,1H3,(H,17,18)/t12-/m1/s1. The number of alkyl halides is 2. The van der Waals surface area contributed by atoms with Crippen molar-refractivity contribution in [2.75, 3.05) is 11.9 Å². The van der Waals surface area contributed by atoms with Crippen molar-refractivity contribution in [1.29, 1.82) is 0 Å². The van der Waals surface area contributed by atoms with Crippen LogP contribution in [0, 0.1) is 5.41 Å². The molecule has 1 fully saturated rings. The van der Waals surface area contributed by atoms with E-state index < -0.39 is 28.2 Å². The first-order valence-corrected chi connectivity index (χ1v) is 6.98. The number of carbonyl (C=O) groups excluding carboxylic acids is 2. The molecule has 0 heterocycles. The van der Waals surface area contributed by atoms with Gasteiger partial charge in [0, 0.05) is 17.1 Å². The zero-order valence-corrected chi connectivity index (χ0v) is 12.9. The van der Waals surface area contributed by atoms with Gasteiger partial charge in [-0.15, -0.1) is 23.2 Å². The zero-order valence-electron chi connectivity index (χ0n) is 10.6. The van der Waals surface area contributed by atoms with Crippen molar-refractivity contribution in [3.05, 3.63) is 29.3 Å². The highest BCUT2D eigenvalue weighted by Crippen LogP contribution is 2.64. The van der Waals surface area contributed by atoms with E-state index in [1.807, 2.05) is 0 Å². The molecule has 0 bridgehead atoms. The Morgan fingerprint density at radius 1 is 1.40 bits per heavy atom. The van der Waals surface area contributed by atoms with Crippen LogP contribution in [0.2, 0.25) is 5.02 Å². The minimum absolute atomic E-state index is 0.317. The van der Waals surface area contributed by atoms with Gasteiger partial charge in [-0.25, -0.2) is 0 Å². The summed E-state index contributed by atoms with van der Waals surface area (Å²) >= 11 is 17.5. The molecule has 7 heteroatoms. The minimum Gasteiger partial charge on any atom is -0.455 e. The molecule has 1 aliphatic rings. The number of benzene rings is 1. The molecule has 0 aliphatic heterocycles. The molecule has 1 N–H and O–H groups in total. The molecule has 4 nitrogen and oxygen atoms in total. The lowest BCUT2D eigenvalue weighted by atomic mass is 10.1. The number of halogens is 3. The Bertz CT molecular complexity index is 562. The van der Waals surface area contributed by atoms with Gasteiger partial charge in [0.15, 0.2) is 6.61 Å². The van der Waals surface area contributed by atoms with Gasteiger partial charge in [-0.2, -0.15) is 0 Å². The van der Waals surface area contributed by atoms with Gasteiger partial charge in [0.1, 0.15) is 9.75 Å². The SMILES string of the molecule is C[C@]1(C(=O)OCC(=O)Nc2cccc(Cl)c2)CC1(Cl)Cl. The van der Waals surface area contributed by atoms with Crippen LogP contribution in [0.3, 0.4) is 0 Å². The van der Waals surface area contributed by atoms with E-state index in [0.717, 1.165) is 0 Å². The summed E-state index contributed by atoms with van der Waals surface area (Å²) < 4.78 is 3.81. The van der Waals surface area contributed by atoms with Crippen molar-refractivity contribution < 1.29 is 14.3 Å². The maximum Gasteiger partial charge on any atom is 0.315 e. The van der Waals surface area contributed by atoms with Gasteiger partial charge >= 0.3 is 5.97 Å². The molecule has 0 aromatic heterocycles. The van der Waals surface area contributed by atoms with Crippen molar-refractivity contribution in [2.24, 2.45) is 5.41 Å². The summed E-state index contributed by atoms with van der Waals surface area (Å²) in [4.78, 5) is 23.4. The largest absolute Gasteiger partial charge is 0.455 e. The Labute approximate surface area is 131 Å². The third kappa shape index (κ3) is 3.19. The fraction of sp³-hybridized carbons (Fsp3) is 0.385. The molecular formula is C13H12Cl3NO3. The molecule has 108 valence electrons. The van der Waals surface area contributed by atoms with Crippen LogP contribution in [-0.2, 0) is 14.3 Å². The first-order chi connectivity index (χ1) is 9.24. The molecule has 20 heavy (non-hydrogen) atoms. The van der Waals surface area contributed by atoms with Gasteiger partial charge in [0.2, 0.25) is 0 Å². The topological polar surface area (TPSA) is 55.4 Å². The van der Waals surface area contributed by atoms with Crippen molar-refractivity contribution in [3.63, 3.8) is 0 Å². The van der Waals surface area contributed by atoms with Crippen LogP contribution in [0.5, 0.6) is 0 Å². The van der Waals surface area contributed by atoms with Gasteiger partial charge in [-0.05, 0) is 25.1 Å². The third-order valence-electron chi connectivity index (χ3n) is 3.15. The van der Waals surface area contributed by atoms with Gasteiger partial charge in [-0.3, -0.25) is 9.59 Å². The highest BCUT2D eigenvalue weighted by molar-refractivity contribution is 6.53. The van der Waals surface area contributed by atoms with E-state index in [1.165, 1.54) is 0 Å². The first kappa shape index (κ1) is 15.4. The number of esters is 1. The van der Waals surface area contributed by atoms with E-state index in [9.17, 15) is 9.59 Å². The molecule has 1 atom stereocenters. The Morgan fingerprint density at radius 3 is 2.60 bits per heavy atom. The average molecular weight is 337 g/mol. The second-order valence-electron chi connectivity index (χ2n) is 4.85. The highest BCUT2D eigenvalue weighted by atomic mass is 35.5. The van der Waals surface area contributed by atoms with Crippen LogP contribution in [0.1, 0.15) is 13.3 Å². The molecule has 0 spiro atoms. The zero-order chi connectivity index (χ0) is 15.0. The van der Waals surface area contributed by atoms with E-state index in [4.69, 9.17) is 39.5 Å². The smallest absolute Gasteiger partial charge is 0.315 e. The van der Waals surface area contributed by atoms with Crippen LogP contribution in [0.15, 0.2) is 24.3 Å². The van der Waals surface area contributed by atoms with Gasteiger partial charge in [-0.1, -0.05) is 17.7 Å². The maximum absolute atomic E-state index is 11.8. The predicted octanol–water partition coefficient (Wildman–Crippen LogP) is 3.41. The molecule has 1 aromatic carbocycles. The van der Waals surface area contributed by atoms with Crippen LogP contribution >= 0.6 is 34.8 Å². The lowest BCUT2D eigenvalue weighted by Gasteiger charge is -2.11. The summed E-state index contributed by atoms with van der Waals surface area (Å²) in [5.41, 5.74) is -0.410. The summed E-state index contributed by atoms with van der Waals surface area (Å²) in [6.07, 6.45) is 0.317. The number of nitrogens with one attached hydrogen (secondary N) is 1. The van der Waals surface area contributed by atoms with Crippen LogP contribution < -0.4 is 5.32 Å². The number of hydrogen-bond acceptors (Lipinski definition) is 3. The van der Waals surface area contributed by atoms with Gasteiger partial charge < -0.3 is 10.1 Å². The van der Waals surface area contributed by atoms with Crippen LogP contribution in [-0.4, -0.2) is 22.8 Å². The lowest BCUT2D eigenvalue weighted by molar-refractivity contribution is -0.152. The number of hydrogen-bond donors (Lipinski definition) is 1. The van der Waals surface area contributed by atoms with Crippen LogP contribution in [0.4, 0.5) is 5.69 Å². The second kappa shape index (κ2) is 5.43. The quantitative estimate of drug-likeness (QED) is 0.677. The fourth-order valence-corrected chi connectivity index (χ4v) is 2.55. The van der Waals surface area contributed by atoms with E-state index in [0.29, 0.717) is 17.1 Å². The summed E-state index contributed by atoms with van der Waals surface area (Å²) in [5.74, 6) is -1.04. The van der Waals surface area contributed by atoms with Crippen LogP contribution in [0.25, 0.3) is 0 Å². The number of ether oxygens (including phenoxy) is 1. The van der Waals surface area contributed by atoms with Crippen molar-refractivity contribution in [2.45, 2.75) is 17.7 Å². The molecule has 0 saturated heterocycles. The molecule has 1 amide bonds. The van der Waals surface area contributed by atoms with Crippen molar-refractivity contribution >= 4 is 52.4 Å². The molecule has 1 aliphatic carbocycles. The lowest BCUT2D eigenvalue weighted by Crippen LogP contribution is -2.26. The van der Waals surface area contributed by atoms with Crippen molar-refractivity contribution in [1.82, 2.24) is 0 Å². The van der Waals surface area contributed by atoms with E-state index in [-0.39, 0.29) is 0 Å². The van der Waals surface area contributed by atoms with E-state index in [2.05, 4.69) is 5.32 Å². The molecule has 2 rings (SSSR count).